The number of hydrogen-bond acceptors (Lipinski definition) is 5. The van der Waals surface area contributed by atoms with Gasteiger partial charge in [0.2, 0.25) is 0 Å². The molecule has 1 amide bonds. The van der Waals surface area contributed by atoms with Crippen LogP contribution in [0.15, 0.2) is 47.4 Å². The van der Waals surface area contributed by atoms with E-state index >= 15 is 0 Å². The topological polar surface area (TPSA) is 92.7 Å². The van der Waals surface area contributed by atoms with Gasteiger partial charge in [-0.05, 0) is 36.4 Å². The van der Waals surface area contributed by atoms with Gasteiger partial charge >= 0.3 is 5.51 Å². The Kier molecular flexibility index (Phi) is 7.39. The fourth-order valence-electron chi connectivity index (χ4n) is 2.07. The highest BCUT2D eigenvalue weighted by Gasteiger charge is 2.46. The van der Waals surface area contributed by atoms with Crippen LogP contribution in [0.3, 0.4) is 0 Å². The summed E-state index contributed by atoms with van der Waals surface area (Å²) in [6, 6.07) is 7.91. The molecule has 0 saturated heterocycles. The molecule has 0 heterocycles. The van der Waals surface area contributed by atoms with Crippen molar-refractivity contribution in [3.8, 4) is 5.75 Å². The molecule has 0 radical (unpaired) electrons. The Balaban J connectivity index is 1.91. The number of sulfone groups is 1. The Bertz CT molecular complexity index is 982. The Labute approximate surface area is 174 Å². The number of aliphatic hydroxyl groups is 1. The Morgan fingerprint density at radius 1 is 1.14 bits per heavy atom. The zero-order chi connectivity index (χ0) is 21.8. The molecule has 0 aromatic heterocycles. The summed E-state index contributed by atoms with van der Waals surface area (Å²) in [5.74, 6) is -0.480. The van der Waals surface area contributed by atoms with E-state index in [0.717, 1.165) is 12.1 Å². The number of benzene rings is 2. The van der Waals surface area contributed by atoms with Crippen LogP contribution in [0.25, 0.3) is 0 Å². The molecule has 158 valence electrons. The minimum atomic E-state index is -5.49. The molecule has 6 nitrogen and oxygen atoms in total. The molecule has 0 saturated carbocycles. The number of ether oxygens (including phenoxy) is 1. The molecule has 0 aliphatic heterocycles. The molecule has 0 bridgehead atoms. The van der Waals surface area contributed by atoms with Crippen molar-refractivity contribution in [3.63, 3.8) is 0 Å². The van der Waals surface area contributed by atoms with Gasteiger partial charge in [0.05, 0.1) is 9.92 Å². The number of alkyl halides is 3. The van der Waals surface area contributed by atoms with Crippen LogP contribution < -0.4 is 10.1 Å². The van der Waals surface area contributed by atoms with Gasteiger partial charge < -0.3 is 15.2 Å². The summed E-state index contributed by atoms with van der Waals surface area (Å²) in [4.78, 5) is 11.0. The average Bonchev–Trinajstić information content (AvgIpc) is 2.66. The van der Waals surface area contributed by atoms with Gasteiger partial charge in [0.15, 0.2) is 0 Å². The van der Waals surface area contributed by atoms with Crippen molar-refractivity contribution >= 4 is 38.9 Å². The standard InChI is InChI=1S/C17H14Cl2F3NO5S/c18-13-2-1-3-14(15(13)19)28-9-11(24)8-23-16(25)10-4-6-12(7-5-10)29(26,27)17(20,21)22/h1-7,11,24H,8-9H2,(H,23,25). The number of amides is 1. The quantitative estimate of drug-likeness (QED) is 0.644. The number of rotatable bonds is 7. The first-order chi connectivity index (χ1) is 13.4. The van der Waals surface area contributed by atoms with E-state index in [1.165, 1.54) is 6.07 Å². The summed E-state index contributed by atoms with van der Waals surface area (Å²) in [5.41, 5.74) is -5.52. The Hall–Kier alpha value is -2.01. The van der Waals surface area contributed by atoms with Crippen LogP contribution >= 0.6 is 23.2 Å². The number of carbonyl (C=O) groups is 1. The predicted molar refractivity (Wildman–Crippen MR) is 100.0 cm³/mol. The van der Waals surface area contributed by atoms with E-state index in [2.05, 4.69) is 5.32 Å². The third-order valence-corrected chi connectivity index (χ3v) is 5.88. The van der Waals surface area contributed by atoms with Gasteiger partial charge in [-0.3, -0.25) is 4.79 Å². The summed E-state index contributed by atoms with van der Waals surface area (Å²) >= 11 is 11.8. The van der Waals surface area contributed by atoms with Crippen LogP contribution in [0.1, 0.15) is 10.4 Å². The lowest BCUT2D eigenvalue weighted by Crippen LogP contribution is -2.35. The molecule has 12 heteroatoms. The van der Waals surface area contributed by atoms with Crippen molar-refractivity contribution in [1.29, 1.82) is 0 Å². The van der Waals surface area contributed by atoms with Crippen LogP contribution in [0.5, 0.6) is 5.75 Å². The van der Waals surface area contributed by atoms with E-state index in [1.807, 2.05) is 0 Å². The first kappa shape index (κ1) is 23.3. The fourth-order valence-corrected chi connectivity index (χ4v) is 3.18. The first-order valence-electron chi connectivity index (χ1n) is 7.88. The molecule has 1 unspecified atom stereocenters. The number of carbonyl (C=O) groups excluding carboxylic acids is 1. The summed E-state index contributed by atoms with van der Waals surface area (Å²) in [5, 5.41) is 12.7. The normalized spacial score (nSPS) is 13.0. The fraction of sp³-hybridized carbons (Fsp3) is 0.235. The van der Waals surface area contributed by atoms with Gasteiger partial charge in [-0.2, -0.15) is 13.2 Å². The number of hydrogen-bond donors (Lipinski definition) is 2. The maximum absolute atomic E-state index is 12.5. The third kappa shape index (κ3) is 5.75. The molecule has 2 aromatic rings. The SMILES string of the molecule is O=C(NCC(O)COc1cccc(Cl)c1Cl)c1ccc(S(=O)(=O)C(F)(F)F)cc1. The van der Waals surface area contributed by atoms with Gasteiger partial charge in [-0.15, -0.1) is 0 Å². The lowest BCUT2D eigenvalue weighted by atomic mass is 10.2. The van der Waals surface area contributed by atoms with Crippen LogP contribution in [0.2, 0.25) is 10.0 Å². The van der Waals surface area contributed by atoms with Gasteiger partial charge in [-0.1, -0.05) is 29.3 Å². The monoisotopic (exact) mass is 471 g/mol. The molecular weight excluding hydrogens is 458 g/mol. The lowest BCUT2D eigenvalue weighted by molar-refractivity contribution is -0.0436. The largest absolute Gasteiger partial charge is 0.501 e. The van der Waals surface area contributed by atoms with Crippen molar-refractivity contribution in [2.24, 2.45) is 0 Å². The van der Waals surface area contributed by atoms with Crippen molar-refractivity contribution < 1.29 is 36.2 Å². The molecular formula is C17H14Cl2F3NO5S. The molecule has 0 fully saturated rings. The average molecular weight is 472 g/mol. The smallest absolute Gasteiger partial charge is 0.489 e. The van der Waals surface area contributed by atoms with Crippen LogP contribution in [-0.2, 0) is 9.84 Å². The summed E-state index contributed by atoms with van der Waals surface area (Å²) in [6.45, 7) is -0.456. The number of nitrogens with one attached hydrogen (secondary N) is 1. The second-order valence-electron chi connectivity index (χ2n) is 5.70. The van der Waals surface area contributed by atoms with E-state index in [0.29, 0.717) is 12.1 Å². The summed E-state index contributed by atoms with van der Waals surface area (Å²) < 4.78 is 65.4. The highest BCUT2D eigenvalue weighted by molar-refractivity contribution is 7.92. The van der Waals surface area contributed by atoms with Crippen molar-refractivity contribution in [2.45, 2.75) is 16.5 Å². The van der Waals surface area contributed by atoms with Crippen LogP contribution in [0.4, 0.5) is 13.2 Å². The Morgan fingerprint density at radius 3 is 2.34 bits per heavy atom. The highest BCUT2D eigenvalue weighted by Crippen LogP contribution is 2.31. The van der Waals surface area contributed by atoms with Crippen LogP contribution in [0, 0.1) is 0 Å². The molecule has 0 aliphatic rings. The van der Waals surface area contributed by atoms with Crippen molar-refractivity contribution in [2.75, 3.05) is 13.2 Å². The second kappa shape index (κ2) is 9.21. The number of aliphatic hydroxyl groups excluding tert-OH is 1. The molecule has 1 atom stereocenters. The van der Waals surface area contributed by atoms with Crippen LogP contribution in [-0.4, -0.2) is 44.2 Å². The lowest BCUT2D eigenvalue weighted by Gasteiger charge is -2.14. The van der Waals surface area contributed by atoms with Crippen molar-refractivity contribution in [3.05, 3.63) is 58.1 Å². The van der Waals surface area contributed by atoms with Gasteiger partial charge in [0, 0.05) is 12.1 Å². The van der Waals surface area contributed by atoms with E-state index in [1.54, 1.807) is 12.1 Å². The zero-order valence-corrected chi connectivity index (χ0v) is 16.7. The molecule has 2 rings (SSSR count). The molecule has 2 aromatic carbocycles. The first-order valence-corrected chi connectivity index (χ1v) is 10.1. The molecule has 0 spiro atoms. The second-order valence-corrected chi connectivity index (χ2v) is 8.43. The zero-order valence-electron chi connectivity index (χ0n) is 14.4. The number of halogens is 5. The molecule has 2 N–H and O–H groups in total. The van der Waals surface area contributed by atoms with E-state index in [-0.39, 0.29) is 34.5 Å². The predicted octanol–water partition coefficient (Wildman–Crippen LogP) is 3.46. The molecule has 0 aliphatic carbocycles. The van der Waals surface area contributed by atoms with E-state index in [9.17, 15) is 31.5 Å². The van der Waals surface area contributed by atoms with Gasteiger partial charge in [-0.25, -0.2) is 8.42 Å². The summed E-state index contributed by atoms with van der Waals surface area (Å²) in [7, 11) is -5.49. The Morgan fingerprint density at radius 2 is 1.76 bits per heavy atom. The van der Waals surface area contributed by atoms with Gasteiger partial charge in [0.1, 0.15) is 23.5 Å². The maximum atomic E-state index is 12.5. The highest BCUT2D eigenvalue weighted by atomic mass is 35.5. The molecule has 29 heavy (non-hydrogen) atoms. The van der Waals surface area contributed by atoms with E-state index < -0.39 is 32.3 Å². The minimum Gasteiger partial charge on any atom is -0.489 e. The van der Waals surface area contributed by atoms with Crippen molar-refractivity contribution in [1.82, 2.24) is 5.32 Å². The summed E-state index contributed by atoms with van der Waals surface area (Å²) in [6.07, 6.45) is -1.13. The third-order valence-electron chi connectivity index (χ3n) is 3.58. The maximum Gasteiger partial charge on any atom is 0.501 e. The van der Waals surface area contributed by atoms with E-state index in [4.69, 9.17) is 27.9 Å². The minimum absolute atomic E-state index is 0.0860. The van der Waals surface area contributed by atoms with Gasteiger partial charge in [0.25, 0.3) is 15.7 Å².